The summed E-state index contributed by atoms with van der Waals surface area (Å²) < 4.78 is 0. The Kier molecular flexibility index (Phi) is 5.69. The fourth-order valence-electron chi connectivity index (χ4n) is 2.75. The van der Waals surface area contributed by atoms with Crippen LogP contribution in [0.1, 0.15) is 22.7 Å². The SMILES string of the molecule is Cc1ccccc1[C@@H](NC(=S)Nc1ccccc1Cl)c1ccccc1. The lowest BCUT2D eigenvalue weighted by Crippen LogP contribution is -2.33. The molecule has 2 N–H and O–H groups in total. The summed E-state index contributed by atoms with van der Waals surface area (Å²) in [5.74, 6) is 0. The van der Waals surface area contributed by atoms with Gasteiger partial charge in [-0.05, 0) is 48.0 Å². The Hall–Kier alpha value is -2.36. The number of halogens is 1. The van der Waals surface area contributed by atoms with Crippen molar-refractivity contribution in [3.05, 3.63) is 101 Å². The second kappa shape index (κ2) is 8.15. The second-order valence-electron chi connectivity index (χ2n) is 5.78. The minimum atomic E-state index is -0.0371. The molecule has 0 spiro atoms. The van der Waals surface area contributed by atoms with Gasteiger partial charge in [-0.2, -0.15) is 0 Å². The van der Waals surface area contributed by atoms with Gasteiger partial charge in [-0.3, -0.25) is 0 Å². The first kappa shape index (κ1) is 17.5. The number of hydrogen-bond donors (Lipinski definition) is 2. The van der Waals surface area contributed by atoms with E-state index in [1.807, 2.05) is 54.6 Å². The van der Waals surface area contributed by atoms with Gasteiger partial charge in [-0.1, -0.05) is 78.3 Å². The summed E-state index contributed by atoms with van der Waals surface area (Å²) in [6.45, 7) is 2.11. The van der Waals surface area contributed by atoms with Gasteiger partial charge >= 0.3 is 0 Å². The van der Waals surface area contributed by atoms with E-state index in [4.69, 9.17) is 23.8 Å². The van der Waals surface area contributed by atoms with Crippen molar-refractivity contribution in [3.8, 4) is 0 Å². The lowest BCUT2D eigenvalue weighted by Gasteiger charge is -2.23. The maximum absolute atomic E-state index is 6.21. The van der Waals surface area contributed by atoms with Crippen LogP contribution in [0.25, 0.3) is 0 Å². The van der Waals surface area contributed by atoms with Crippen molar-refractivity contribution >= 4 is 34.6 Å². The van der Waals surface area contributed by atoms with E-state index in [0.717, 1.165) is 11.3 Å². The molecule has 3 aromatic carbocycles. The summed E-state index contributed by atoms with van der Waals surface area (Å²) in [7, 11) is 0. The highest BCUT2D eigenvalue weighted by atomic mass is 35.5. The maximum Gasteiger partial charge on any atom is 0.171 e. The fourth-order valence-corrected chi connectivity index (χ4v) is 3.16. The van der Waals surface area contributed by atoms with E-state index in [1.54, 1.807) is 0 Å². The molecule has 0 aliphatic heterocycles. The van der Waals surface area contributed by atoms with Crippen LogP contribution in [0.4, 0.5) is 5.69 Å². The second-order valence-corrected chi connectivity index (χ2v) is 6.59. The van der Waals surface area contributed by atoms with Gasteiger partial charge in [-0.25, -0.2) is 0 Å². The first-order valence-electron chi connectivity index (χ1n) is 8.07. The Labute approximate surface area is 158 Å². The topological polar surface area (TPSA) is 24.1 Å². The van der Waals surface area contributed by atoms with Crippen molar-refractivity contribution in [1.82, 2.24) is 5.32 Å². The molecule has 0 heterocycles. The van der Waals surface area contributed by atoms with Crippen LogP contribution in [0.2, 0.25) is 5.02 Å². The molecule has 0 bridgehead atoms. The van der Waals surface area contributed by atoms with Crippen molar-refractivity contribution < 1.29 is 0 Å². The van der Waals surface area contributed by atoms with Crippen LogP contribution in [0.15, 0.2) is 78.9 Å². The fraction of sp³-hybridized carbons (Fsp3) is 0.0952. The van der Waals surface area contributed by atoms with E-state index in [2.05, 4.69) is 41.8 Å². The van der Waals surface area contributed by atoms with Crippen molar-refractivity contribution in [3.63, 3.8) is 0 Å². The molecular formula is C21H19ClN2S. The standard InChI is InChI=1S/C21H19ClN2S/c1-15-9-5-6-12-17(15)20(16-10-3-2-4-11-16)24-21(25)23-19-14-8-7-13-18(19)22/h2-14,20H,1H3,(H2,23,24,25)/t20-/m0/s1. The number of para-hydroxylation sites is 1. The summed E-state index contributed by atoms with van der Waals surface area (Å²) >= 11 is 11.7. The molecule has 0 amide bonds. The molecule has 3 aromatic rings. The summed E-state index contributed by atoms with van der Waals surface area (Å²) in [6, 6.07) is 26.1. The molecule has 2 nitrogen and oxygen atoms in total. The van der Waals surface area contributed by atoms with Crippen LogP contribution in [0, 0.1) is 6.92 Å². The summed E-state index contributed by atoms with van der Waals surface area (Å²) in [4.78, 5) is 0. The minimum absolute atomic E-state index is 0.0371. The molecule has 3 rings (SSSR count). The first-order chi connectivity index (χ1) is 12.1. The van der Waals surface area contributed by atoms with Crippen molar-refractivity contribution in [2.75, 3.05) is 5.32 Å². The van der Waals surface area contributed by atoms with Gasteiger partial charge in [0.25, 0.3) is 0 Å². The van der Waals surface area contributed by atoms with Crippen LogP contribution in [0.5, 0.6) is 0 Å². The van der Waals surface area contributed by atoms with Crippen LogP contribution in [-0.2, 0) is 0 Å². The Morgan fingerprint density at radius 2 is 1.52 bits per heavy atom. The van der Waals surface area contributed by atoms with Gasteiger partial charge in [0.05, 0.1) is 16.8 Å². The lowest BCUT2D eigenvalue weighted by atomic mass is 9.95. The van der Waals surface area contributed by atoms with Crippen LogP contribution in [-0.4, -0.2) is 5.11 Å². The van der Waals surface area contributed by atoms with Gasteiger partial charge in [0.2, 0.25) is 0 Å². The zero-order valence-electron chi connectivity index (χ0n) is 13.9. The number of benzene rings is 3. The largest absolute Gasteiger partial charge is 0.352 e. The van der Waals surface area contributed by atoms with E-state index >= 15 is 0 Å². The predicted molar refractivity (Wildman–Crippen MR) is 110 cm³/mol. The predicted octanol–water partition coefficient (Wildman–Crippen LogP) is 5.72. The van der Waals surface area contributed by atoms with E-state index in [9.17, 15) is 0 Å². The Balaban J connectivity index is 1.87. The third-order valence-electron chi connectivity index (χ3n) is 4.03. The molecule has 0 saturated heterocycles. The summed E-state index contributed by atoms with van der Waals surface area (Å²) in [5, 5.41) is 7.79. The van der Waals surface area contributed by atoms with Crippen LogP contribution in [0.3, 0.4) is 0 Å². The number of rotatable bonds is 4. The third-order valence-corrected chi connectivity index (χ3v) is 4.58. The van der Waals surface area contributed by atoms with E-state index in [-0.39, 0.29) is 6.04 Å². The van der Waals surface area contributed by atoms with Crippen LogP contribution < -0.4 is 10.6 Å². The zero-order chi connectivity index (χ0) is 17.6. The highest BCUT2D eigenvalue weighted by Gasteiger charge is 2.17. The minimum Gasteiger partial charge on any atom is -0.352 e. The average molecular weight is 367 g/mol. The number of aryl methyl sites for hydroxylation is 1. The third kappa shape index (κ3) is 4.38. The monoisotopic (exact) mass is 366 g/mol. The van der Waals surface area contributed by atoms with E-state index in [1.165, 1.54) is 11.1 Å². The maximum atomic E-state index is 6.21. The Bertz CT molecular complexity index is 865. The summed E-state index contributed by atoms with van der Waals surface area (Å²) in [6.07, 6.45) is 0. The molecule has 4 heteroatoms. The average Bonchev–Trinajstić information content (AvgIpc) is 2.63. The lowest BCUT2D eigenvalue weighted by molar-refractivity contribution is 0.762. The van der Waals surface area contributed by atoms with Crippen molar-refractivity contribution in [1.29, 1.82) is 0 Å². The highest BCUT2D eigenvalue weighted by molar-refractivity contribution is 7.80. The molecule has 25 heavy (non-hydrogen) atoms. The number of hydrogen-bond acceptors (Lipinski definition) is 1. The molecule has 0 saturated carbocycles. The van der Waals surface area contributed by atoms with Crippen molar-refractivity contribution in [2.24, 2.45) is 0 Å². The quantitative estimate of drug-likeness (QED) is 0.577. The molecule has 0 aliphatic rings. The number of anilines is 1. The zero-order valence-corrected chi connectivity index (χ0v) is 15.4. The Morgan fingerprint density at radius 1 is 0.880 bits per heavy atom. The normalized spacial score (nSPS) is 11.6. The van der Waals surface area contributed by atoms with Gasteiger partial charge < -0.3 is 10.6 Å². The van der Waals surface area contributed by atoms with Gasteiger partial charge in [0.15, 0.2) is 5.11 Å². The molecule has 0 fully saturated rings. The Morgan fingerprint density at radius 3 is 2.24 bits per heavy atom. The van der Waals surface area contributed by atoms with E-state index < -0.39 is 0 Å². The van der Waals surface area contributed by atoms with Crippen molar-refractivity contribution in [2.45, 2.75) is 13.0 Å². The smallest absolute Gasteiger partial charge is 0.171 e. The summed E-state index contributed by atoms with van der Waals surface area (Å²) in [5.41, 5.74) is 4.35. The first-order valence-corrected chi connectivity index (χ1v) is 8.86. The molecular weight excluding hydrogens is 348 g/mol. The molecule has 1 atom stereocenters. The van der Waals surface area contributed by atoms with E-state index in [0.29, 0.717) is 10.1 Å². The molecule has 0 aliphatic carbocycles. The number of nitrogens with one attached hydrogen (secondary N) is 2. The number of thiocarbonyl (C=S) groups is 1. The molecule has 126 valence electrons. The van der Waals surface area contributed by atoms with Crippen LogP contribution >= 0.6 is 23.8 Å². The molecule has 0 radical (unpaired) electrons. The highest BCUT2D eigenvalue weighted by Crippen LogP contribution is 2.26. The van der Waals surface area contributed by atoms with Gasteiger partial charge in [0, 0.05) is 0 Å². The van der Waals surface area contributed by atoms with Gasteiger partial charge in [0.1, 0.15) is 0 Å². The van der Waals surface area contributed by atoms with Gasteiger partial charge in [-0.15, -0.1) is 0 Å². The molecule has 0 aromatic heterocycles. The molecule has 0 unspecified atom stereocenters.